The van der Waals surface area contributed by atoms with Crippen molar-refractivity contribution in [2.75, 3.05) is 34.5 Å². The lowest BCUT2D eigenvalue weighted by Gasteiger charge is -2.18. The summed E-state index contributed by atoms with van der Waals surface area (Å²) in [5, 5.41) is 13.0. The number of rotatable bonds is 10. The SMILES string of the molecule is COCc1cc(C(C)NCCC(O)COC)ccc1OC. The molecule has 0 fully saturated rings. The van der Waals surface area contributed by atoms with E-state index in [1.165, 1.54) is 5.56 Å². The maximum atomic E-state index is 9.62. The van der Waals surface area contributed by atoms with E-state index in [1.54, 1.807) is 21.3 Å². The Bertz CT molecular complexity index is 411. The van der Waals surface area contributed by atoms with Gasteiger partial charge in [0, 0.05) is 25.8 Å². The molecule has 0 amide bonds. The van der Waals surface area contributed by atoms with E-state index in [4.69, 9.17) is 14.2 Å². The van der Waals surface area contributed by atoms with Crippen LogP contribution in [0.25, 0.3) is 0 Å². The van der Waals surface area contributed by atoms with Gasteiger partial charge in [0.2, 0.25) is 0 Å². The van der Waals surface area contributed by atoms with Crippen molar-refractivity contribution in [3.63, 3.8) is 0 Å². The Morgan fingerprint density at radius 3 is 2.57 bits per heavy atom. The molecular formula is C16H27NO4. The van der Waals surface area contributed by atoms with Crippen molar-refractivity contribution in [3.8, 4) is 5.75 Å². The molecule has 0 aliphatic carbocycles. The second kappa shape index (κ2) is 9.73. The average molecular weight is 297 g/mol. The monoisotopic (exact) mass is 297 g/mol. The fraction of sp³-hybridized carbons (Fsp3) is 0.625. The Labute approximate surface area is 127 Å². The predicted molar refractivity (Wildman–Crippen MR) is 82.6 cm³/mol. The van der Waals surface area contributed by atoms with Gasteiger partial charge in [-0.3, -0.25) is 0 Å². The third-order valence-corrected chi connectivity index (χ3v) is 3.39. The fourth-order valence-electron chi connectivity index (χ4n) is 2.20. The van der Waals surface area contributed by atoms with Gasteiger partial charge in [-0.25, -0.2) is 0 Å². The molecule has 120 valence electrons. The summed E-state index contributed by atoms with van der Waals surface area (Å²) in [6.45, 7) is 3.73. The summed E-state index contributed by atoms with van der Waals surface area (Å²) in [7, 11) is 4.92. The van der Waals surface area contributed by atoms with Crippen LogP contribution in [-0.2, 0) is 16.1 Å². The highest BCUT2D eigenvalue weighted by atomic mass is 16.5. The van der Waals surface area contributed by atoms with Gasteiger partial charge < -0.3 is 24.6 Å². The van der Waals surface area contributed by atoms with E-state index < -0.39 is 6.10 Å². The first-order chi connectivity index (χ1) is 10.1. The molecule has 0 bridgehead atoms. The Kier molecular flexibility index (Phi) is 8.30. The van der Waals surface area contributed by atoms with Crippen LogP contribution in [0.5, 0.6) is 5.75 Å². The molecular weight excluding hydrogens is 270 g/mol. The maximum Gasteiger partial charge on any atom is 0.124 e. The molecule has 2 atom stereocenters. The molecule has 1 aromatic carbocycles. The molecule has 5 nitrogen and oxygen atoms in total. The summed E-state index contributed by atoms with van der Waals surface area (Å²) in [6.07, 6.45) is 0.244. The average Bonchev–Trinajstić information content (AvgIpc) is 2.47. The zero-order valence-corrected chi connectivity index (χ0v) is 13.4. The Morgan fingerprint density at radius 1 is 1.19 bits per heavy atom. The smallest absolute Gasteiger partial charge is 0.124 e. The first kappa shape index (κ1) is 17.9. The number of aliphatic hydroxyl groups excluding tert-OH is 1. The third-order valence-electron chi connectivity index (χ3n) is 3.39. The van der Waals surface area contributed by atoms with Crippen molar-refractivity contribution in [1.82, 2.24) is 5.32 Å². The normalized spacial score (nSPS) is 14.0. The quantitative estimate of drug-likeness (QED) is 0.690. The number of methoxy groups -OCH3 is 3. The van der Waals surface area contributed by atoms with Crippen molar-refractivity contribution in [3.05, 3.63) is 29.3 Å². The standard InChI is InChI=1S/C16H27NO4/c1-12(17-8-7-15(18)11-20-3)13-5-6-16(21-4)14(9-13)10-19-2/h5-6,9,12,15,17-18H,7-8,10-11H2,1-4H3. The van der Waals surface area contributed by atoms with Gasteiger partial charge in [0.05, 0.1) is 26.4 Å². The Morgan fingerprint density at radius 2 is 1.95 bits per heavy atom. The van der Waals surface area contributed by atoms with Gasteiger partial charge in [-0.05, 0) is 37.6 Å². The molecule has 0 saturated heterocycles. The van der Waals surface area contributed by atoms with Crippen LogP contribution in [-0.4, -0.2) is 45.7 Å². The van der Waals surface area contributed by atoms with Crippen LogP contribution < -0.4 is 10.1 Å². The molecule has 0 aliphatic rings. The number of ether oxygens (including phenoxy) is 3. The van der Waals surface area contributed by atoms with Crippen molar-refractivity contribution >= 4 is 0 Å². The molecule has 0 spiro atoms. The molecule has 0 saturated carbocycles. The van der Waals surface area contributed by atoms with Crippen LogP contribution in [0.2, 0.25) is 0 Å². The van der Waals surface area contributed by atoms with E-state index in [1.807, 2.05) is 12.1 Å². The third kappa shape index (κ3) is 6.01. The van der Waals surface area contributed by atoms with Gasteiger partial charge in [0.25, 0.3) is 0 Å². The van der Waals surface area contributed by atoms with Gasteiger partial charge >= 0.3 is 0 Å². The van der Waals surface area contributed by atoms with Gasteiger partial charge in [0.1, 0.15) is 5.75 Å². The van der Waals surface area contributed by atoms with Crippen LogP contribution in [0, 0.1) is 0 Å². The first-order valence-electron chi connectivity index (χ1n) is 7.18. The zero-order chi connectivity index (χ0) is 15.7. The van der Waals surface area contributed by atoms with E-state index >= 15 is 0 Å². The minimum absolute atomic E-state index is 0.196. The topological polar surface area (TPSA) is 60.0 Å². The number of hydrogen-bond acceptors (Lipinski definition) is 5. The summed E-state index contributed by atoms with van der Waals surface area (Å²) in [5.41, 5.74) is 2.20. The minimum atomic E-state index is -0.422. The molecule has 5 heteroatoms. The summed E-state index contributed by atoms with van der Waals surface area (Å²) in [4.78, 5) is 0. The fourth-order valence-corrected chi connectivity index (χ4v) is 2.20. The molecule has 0 aromatic heterocycles. The van der Waals surface area contributed by atoms with Crippen LogP contribution in [0.3, 0.4) is 0 Å². The van der Waals surface area contributed by atoms with Crippen molar-refractivity contribution in [1.29, 1.82) is 0 Å². The Hall–Kier alpha value is -1.14. The van der Waals surface area contributed by atoms with Gasteiger partial charge in [-0.15, -0.1) is 0 Å². The minimum Gasteiger partial charge on any atom is -0.496 e. The molecule has 0 radical (unpaired) electrons. The van der Waals surface area contributed by atoms with Crippen molar-refractivity contribution < 1.29 is 19.3 Å². The highest BCUT2D eigenvalue weighted by Gasteiger charge is 2.10. The van der Waals surface area contributed by atoms with E-state index in [9.17, 15) is 5.11 Å². The molecule has 0 aliphatic heterocycles. The van der Waals surface area contributed by atoms with E-state index in [0.29, 0.717) is 19.6 Å². The molecule has 1 aromatic rings. The number of hydrogen-bond donors (Lipinski definition) is 2. The molecule has 2 N–H and O–H groups in total. The van der Waals surface area contributed by atoms with Crippen molar-refractivity contribution in [2.45, 2.75) is 32.1 Å². The number of aliphatic hydroxyl groups is 1. The van der Waals surface area contributed by atoms with Gasteiger partial charge in [0.15, 0.2) is 0 Å². The number of nitrogens with one attached hydrogen (secondary N) is 1. The molecule has 1 rings (SSSR count). The molecule has 2 unspecified atom stereocenters. The van der Waals surface area contributed by atoms with Crippen LogP contribution in [0.15, 0.2) is 18.2 Å². The van der Waals surface area contributed by atoms with Crippen LogP contribution in [0.1, 0.15) is 30.5 Å². The highest BCUT2D eigenvalue weighted by molar-refractivity contribution is 5.38. The first-order valence-corrected chi connectivity index (χ1v) is 7.18. The Balaban J connectivity index is 2.57. The van der Waals surface area contributed by atoms with Gasteiger partial charge in [-0.2, -0.15) is 0 Å². The summed E-state index contributed by atoms with van der Waals surface area (Å²) in [5.74, 6) is 0.836. The lowest BCUT2D eigenvalue weighted by molar-refractivity contribution is 0.0590. The summed E-state index contributed by atoms with van der Waals surface area (Å²) < 4.78 is 15.4. The van der Waals surface area contributed by atoms with Crippen LogP contribution >= 0.6 is 0 Å². The summed E-state index contributed by atoms with van der Waals surface area (Å²) in [6, 6.07) is 6.29. The van der Waals surface area contributed by atoms with Crippen molar-refractivity contribution in [2.24, 2.45) is 0 Å². The van der Waals surface area contributed by atoms with E-state index in [0.717, 1.165) is 17.9 Å². The van der Waals surface area contributed by atoms with E-state index in [2.05, 4.69) is 18.3 Å². The lowest BCUT2D eigenvalue weighted by atomic mass is 10.0. The maximum absolute atomic E-state index is 9.62. The predicted octanol–water partition coefficient (Wildman–Crippen LogP) is 1.89. The van der Waals surface area contributed by atoms with Gasteiger partial charge in [-0.1, -0.05) is 6.07 Å². The second-order valence-corrected chi connectivity index (χ2v) is 5.08. The number of benzene rings is 1. The molecule has 21 heavy (non-hydrogen) atoms. The van der Waals surface area contributed by atoms with E-state index in [-0.39, 0.29) is 6.04 Å². The zero-order valence-electron chi connectivity index (χ0n) is 13.4. The lowest BCUT2D eigenvalue weighted by Crippen LogP contribution is -2.25. The summed E-state index contributed by atoms with van der Waals surface area (Å²) >= 11 is 0. The highest BCUT2D eigenvalue weighted by Crippen LogP contribution is 2.24. The largest absolute Gasteiger partial charge is 0.496 e. The van der Waals surface area contributed by atoms with Crippen LogP contribution in [0.4, 0.5) is 0 Å². The molecule has 0 heterocycles. The second-order valence-electron chi connectivity index (χ2n) is 5.08.